The average Bonchev–Trinajstić information content (AvgIpc) is 3.14. The summed E-state index contributed by atoms with van der Waals surface area (Å²) in [6.07, 6.45) is 0. The first-order valence-corrected chi connectivity index (χ1v) is 9.92. The van der Waals surface area contributed by atoms with Gasteiger partial charge in [-0.25, -0.2) is 4.68 Å². The highest BCUT2D eigenvalue weighted by Crippen LogP contribution is 2.31. The fourth-order valence-electron chi connectivity index (χ4n) is 3.62. The first-order chi connectivity index (χ1) is 12.9. The van der Waals surface area contributed by atoms with Crippen molar-refractivity contribution in [1.82, 2.24) is 30.0 Å². The van der Waals surface area contributed by atoms with Crippen molar-refractivity contribution in [2.24, 2.45) is 0 Å². The molecule has 1 aromatic carbocycles. The highest BCUT2D eigenvalue weighted by Gasteiger charge is 2.32. The van der Waals surface area contributed by atoms with Gasteiger partial charge in [-0.3, -0.25) is 4.90 Å². The number of benzene rings is 1. The smallest absolute Gasteiger partial charge is 0.173 e. The van der Waals surface area contributed by atoms with Crippen molar-refractivity contribution in [2.45, 2.75) is 46.2 Å². The zero-order valence-electron chi connectivity index (χ0n) is 17.2. The summed E-state index contributed by atoms with van der Waals surface area (Å²) in [7, 11) is 0. The van der Waals surface area contributed by atoms with Crippen LogP contribution < -0.4 is 4.74 Å². The van der Waals surface area contributed by atoms with Crippen LogP contribution in [0.5, 0.6) is 5.75 Å². The van der Waals surface area contributed by atoms with Gasteiger partial charge in [-0.2, -0.15) is 0 Å². The van der Waals surface area contributed by atoms with E-state index in [-0.39, 0.29) is 11.6 Å². The molecular weight excluding hydrogens is 340 g/mol. The molecule has 0 aliphatic carbocycles. The zero-order valence-corrected chi connectivity index (χ0v) is 17.2. The number of tetrazole rings is 1. The van der Waals surface area contributed by atoms with E-state index in [1.165, 1.54) is 5.56 Å². The van der Waals surface area contributed by atoms with Crippen LogP contribution in [0, 0.1) is 0 Å². The zero-order chi connectivity index (χ0) is 19.4. The molecule has 0 saturated carbocycles. The van der Waals surface area contributed by atoms with Gasteiger partial charge < -0.3 is 9.64 Å². The molecule has 0 N–H and O–H groups in total. The summed E-state index contributed by atoms with van der Waals surface area (Å²) in [6.45, 7) is 16.5. The number of hydrogen-bond acceptors (Lipinski definition) is 6. The number of nitrogens with zero attached hydrogens (tertiary/aromatic N) is 6. The number of aromatic nitrogens is 4. The van der Waals surface area contributed by atoms with Crippen LogP contribution in [0.1, 0.15) is 52.0 Å². The minimum absolute atomic E-state index is 0.0360. The highest BCUT2D eigenvalue weighted by atomic mass is 16.5. The van der Waals surface area contributed by atoms with Gasteiger partial charge in [0, 0.05) is 26.2 Å². The Hall–Kier alpha value is -1.99. The monoisotopic (exact) mass is 372 g/mol. The van der Waals surface area contributed by atoms with Crippen LogP contribution in [0.25, 0.3) is 0 Å². The lowest BCUT2D eigenvalue weighted by molar-refractivity contribution is 0.106. The topological polar surface area (TPSA) is 59.3 Å². The molecule has 2 aromatic rings. The summed E-state index contributed by atoms with van der Waals surface area (Å²) in [5.41, 5.74) is 1.02. The maximum atomic E-state index is 5.62. The number of piperazine rings is 1. The normalized spacial score (nSPS) is 17.8. The predicted octanol–water partition coefficient (Wildman–Crippen LogP) is 2.55. The standard InChI is InChI=1S/C20H32N6O/c1-6-24-12-14-25(15-13-24)18(16-8-10-17(11-9-16)27-7-2)19-21-22-23-26(19)20(3,4)5/h8-11,18H,6-7,12-15H2,1-5H3. The van der Waals surface area contributed by atoms with Gasteiger partial charge in [-0.1, -0.05) is 19.1 Å². The number of hydrogen-bond donors (Lipinski definition) is 0. The first-order valence-electron chi connectivity index (χ1n) is 9.92. The van der Waals surface area contributed by atoms with E-state index >= 15 is 0 Å². The quantitative estimate of drug-likeness (QED) is 0.777. The van der Waals surface area contributed by atoms with Gasteiger partial charge in [0.25, 0.3) is 0 Å². The third kappa shape index (κ3) is 4.47. The molecule has 7 heteroatoms. The maximum Gasteiger partial charge on any atom is 0.173 e. The lowest BCUT2D eigenvalue weighted by Gasteiger charge is -2.39. The molecule has 1 fully saturated rings. The fourth-order valence-corrected chi connectivity index (χ4v) is 3.62. The van der Waals surface area contributed by atoms with Gasteiger partial charge in [-0.05, 0) is 62.4 Å². The molecule has 148 valence electrons. The SMILES string of the molecule is CCOc1ccc(C(c2nnnn2C(C)(C)C)N2CCN(CC)CC2)cc1. The molecule has 2 heterocycles. The van der Waals surface area contributed by atoms with Crippen molar-refractivity contribution in [3.05, 3.63) is 35.7 Å². The van der Waals surface area contributed by atoms with Crippen molar-refractivity contribution in [3.8, 4) is 5.75 Å². The lowest BCUT2D eigenvalue weighted by atomic mass is 10.0. The number of likely N-dealkylation sites (N-methyl/N-ethyl adjacent to an activating group) is 1. The largest absolute Gasteiger partial charge is 0.494 e. The lowest BCUT2D eigenvalue weighted by Crippen LogP contribution is -2.48. The van der Waals surface area contributed by atoms with E-state index in [9.17, 15) is 0 Å². The molecule has 0 amide bonds. The summed E-state index contributed by atoms with van der Waals surface area (Å²) in [4.78, 5) is 4.98. The molecular formula is C20H32N6O. The number of rotatable bonds is 6. The molecule has 1 aliphatic rings. The molecule has 1 aromatic heterocycles. The van der Waals surface area contributed by atoms with Gasteiger partial charge in [0.1, 0.15) is 5.75 Å². The maximum absolute atomic E-state index is 5.62. The average molecular weight is 373 g/mol. The summed E-state index contributed by atoms with van der Waals surface area (Å²) >= 11 is 0. The van der Waals surface area contributed by atoms with E-state index in [4.69, 9.17) is 4.74 Å². The Kier molecular flexibility index (Phi) is 6.11. The van der Waals surface area contributed by atoms with Gasteiger partial charge in [0.2, 0.25) is 0 Å². The third-order valence-corrected chi connectivity index (χ3v) is 5.10. The first kappa shape index (κ1) is 19.8. The van der Waals surface area contributed by atoms with Crippen molar-refractivity contribution in [3.63, 3.8) is 0 Å². The van der Waals surface area contributed by atoms with E-state index in [2.05, 4.69) is 65.2 Å². The van der Waals surface area contributed by atoms with Crippen LogP contribution in [0.15, 0.2) is 24.3 Å². The van der Waals surface area contributed by atoms with Crippen LogP contribution in [-0.4, -0.2) is 69.3 Å². The predicted molar refractivity (Wildman–Crippen MR) is 106 cm³/mol. The Morgan fingerprint density at radius 2 is 1.70 bits per heavy atom. The van der Waals surface area contributed by atoms with Crippen LogP contribution in [-0.2, 0) is 5.54 Å². The second kappa shape index (κ2) is 8.35. The van der Waals surface area contributed by atoms with E-state index in [1.807, 2.05) is 23.7 Å². The van der Waals surface area contributed by atoms with Crippen molar-refractivity contribution < 1.29 is 4.74 Å². The number of ether oxygens (including phenoxy) is 1. The molecule has 27 heavy (non-hydrogen) atoms. The van der Waals surface area contributed by atoms with Gasteiger partial charge in [0.05, 0.1) is 18.2 Å². The van der Waals surface area contributed by atoms with E-state index in [1.54, 1.807) is 0 Å². The minimum atomic E-state index is -0.173. The Labute approximate surface area is 162 Å². The molecule has 3 rings (SSSR count). The second-order valence-electron chi connectivity index (χ2n) is 7.99. The van der Waals surface area contributed by atoms with E-state index in [0.717, 1.165) is 44.3 Å². The highest BCUT2D eigenvalue weighted by molar-refractivity contribution is 5.32. The van der Waals surface area contributed by atoms with E-state index in [0.29, 0.717) is 6.61 Å². The molecule has 0 spiro atoms. The van der Waals surface area contributed by atoms with Crippen molar-refractivity contribution in [1.29, 1.82) is 0 Å². The van der Waals surface area contributed by atoms with Crippen molar-refractivity contribution in [2.75, 3.05) is 39.3 Å². The fraction of sp³-hybridized carbons (Fsp3) is 0.650. The summed E-state index contributed by atoms with van der Waals surface area (Å²) in [6, 6.07) is 8.40. The van der Waals surface area contributed by atoms with Gasteiger partial charge in [0.15, 0.2) is 5.82 Å². The molecule has 1 saturated heterocycles. The molecule has 1 unspecified atom stereocenters. The van der Waals surface area contributed by atoms with Crippen LogP contribution >= 0.6 is 0 Å². The minimum Gasteiger partial charge on any atom is -0.494 e. The second-order valence-corrected chi connectivity index (χ2v) is 7.99. The molecule has 7 nitrogen and oxygen atoms in total. The van der Waals surface area contributed by atoms with E-state index < -0.39 is 0 Å². The van der Waals surface area contributed by atoms with Crippen LogP contribution in [0.3, 0.4) is 0 Å². The third-order valence-electron chi connectivity index (χ3n) is 5.10. The Morgan fingerprint density at radius 3 is 2.26 bits per heavy atom. The summed E-state index contributed by atoms with van der Waals surface area (Å²) in [5.74, 6) is 1.79. The summed E-state index contributed by atoms with van der Waals surface area (Å²) < 4.78 is 7.58. The van der Waals surface area contributed by atoms with Crippen molar-refractivity contribution >= 4 is 0 Å². The van der Waals surface area contributed by atoms with Crippen LogP contribution in [0.4, 0.5) is 0 Å². The molecule has 0 radical (unpaired) electrons. The molecule has 1 aliphatic heterocycles. The Morgan fingerprint density at radius 1 is 1.04 bits per heavy atom. The van der Waals surface area contributed by atoms with Gasteiger partial charge >= 0.3 is 0 Å². The summed E-state index contributed by atoms with van der Waals surface area (Å²) in [5, 5.41) is 12.8. The molecule has 1 atom stereocenters. The Bertz CT molecular complexity index is 713. The molecule has 0 bridgehead atoms. The Balaban J connectivity index is 1.96. The van der Waals surface area contributed by atoms with Gasteiger partial charge in [-0.15, -0.1) is 5.10 Å². The van der Waals surface area contributed by atoms with Crippen LogP contribution in [0.2, 0.25) is 0 Å².